The largest absolute Gasteiger partial charge is 0.330 e. The molecule has 0 spiro atoms. The lowest BCUT2D eigenvalue weighted by atomic mass is 9.96. The van der Waals surface area contributed by atoms with Crippen LogP contribution in [0, 0.1) is 0 Å². The molecule has 0 radical (unpaired) electrons. The fourth-order valence-corrected chi connectivity index (χ4v) is 4.42. The number of nitrogens with zero attached hydrogens (tertiary/aromatic N) is 3. The van der Waals surface area contributed by atoms with Gasteiger partial charge in [0, 0.05) is 18.0 Å². The van der Waals surface area contributed by atoms with E-state index in [2.05, 4.69) is 70.2 Å². The highest BCUT2D eigenvalue weighted by atomic mass is 15.0. The normalized spacial score (nSPS) is 14.0. The third-order valence-corrected chi connectivity index (χ3v) is 6.12. The van der Waals surface area contributed by atoms with Gasteiger partial charge in [0.1, 0.15) is 5.65 Å². The van der Waals surface area contributed by atoms with E-state index in [9.17, 15) is 0 Å². The minimum atomic E-state index is 0.723. The van der Waals surface area contributed by atoms with Crippen LogP contribution in [0.2, 0.25) is 0 Å². The Labute approximate surface area is 183 Å². The Balaban J connectivity index is 1.47. The van der Waals surface area contributed by atoms with Crippen LogP contribution >= 0.6 is 0 Å². The third-order valence-electron chi connectivity index (χ3n) is 6.12. The van der Waals surface area contributed by atoms with Crippen molar-refractivity contribution in [3.63, 3.8) is 0 Å². The second-order valence-electron chi connectivity index (χ2n) is 8.28. The van der Waals surface area contributed by atoms with Gasteiger partial charge in [-0.1, -0.05) is 30.3 Å². The van der Waals surface area contributed by atoms with Crippen molar-refractivity contribution < 1.29 is 0 Å². The van der Waals surface area contributed by atoms with Crippen molar-refractivity contribution in [3.05, 3.63) is 84.5 Å². The van der Waals surface area contributed by atoms with Gasteiger partial charge < -0.3 is 5.73 Å². The first-order chi connectivity index (χ1) is 15.3. The van der Waals surface area contributed by atoms with E-state index in [1.165, 1.54) is 35.1 Å². The van der Waals surface area contributed by atoms with Crippen LogP contribution in [0.3, 0.4) is 0 Å². The number of aromatic nitrogens is 3. The molecule has 4 aromatic rings. The SMILES string of the molecule is NCCCc1cccc(-c2ccn3c(-c4ccnc(C5=CCCCC5)c4)cnc3c2)c1. The van der Waals surface area contributed by atoms with Crippen LogP contribution in [0.4, 0.5) is 0 Å². The lowest BCUT2D eigenvalue weighted by Crippen LogP contribution is -2.00. The van der Waals surface area contributed by atoms with Gasteiger partial charge in [0.25, 0.3) is 0 Å². The highest BCUT2D eigenvalue weighted by Gasteiger charge is 2.12. The Bertz CT molecular complexity index is 1230. The van der Waals surface area contributed by atoms with E-state index in [4.69, 9.17) is 10.7 Å². The zero-order valence-corrected chi connectivity index (χ0v) is 17.8. The van der Waals surface area contributed by atoms with Gasteiger partial charge in [0.15, 0.2) is 0 Å². The number of aryl methyl sites for hydroxylation is 1. The van der Waals surface area contributed by atoms with E-state index in [-0.39, 0.29) is 0 Å². The standard InChI is InChI=1S/C27H28N4/c28-13-5-7-20-6-4-10-22(16-20)23-12-15-31-26(19-30-27(31)18-23)24-11-14-29-25(17-24)21-8-2-1-3-9-21/h4,6,8,10-12,14-19H,1-3,5,7,9,13,28H2. The minimum absolute atomic E-state index is 0.723. The van der Waals surface area contributed by atoms with Crippen LogP contribution in [-0.4, -0.2) is 20.9 Å². The molecular formula is C27H28N4. The van der Waals surface area contributed by atoms with Gasteiger partial charge in [-0.3, -0.25) is 9.38 Å². The predicted octanol–water partition coefficient (Wildman–Crippen LogP) is 5.91. The Morgan fingerprint density at radius 1 is 0.935 bits per heavy atom. The molecule has 2 N–H and O–H groups in total. The molecule has 4 nitrogen and oxygen atoms in total. The lowest BCUT2D eigenvalue weighted by Gasteiger charge is -2.13. The maximum Gasteiger partial charge on any atom is 0.137 e. The summed E-state index contributed by atoms with van der Waals surface area (Å²) in [5.41, 5.74) is 15.1. The van der Waals surface area contributed by atoms with E-state index >= 15 is 0 Å². The Hall–Kier alpha value is -3.24. The fourth-order valence-electron chi connectivity index (χ4n) is 4.42. The van der Waals surface area contributed by atoms with Crippen molar-refractivity contribution in [1.29, 1.82) is 0 Å². The number of imidazole rings is 1. The maximum atomic E-state index is 5.67. The average Bonchev–Trinajstić information content (AvgIpc) is 3.27. The highest BCUT2D eigenvalue weighted by Crippen LogP contribution is 2.30. The van der Waals surface area contributed by atoms with Crippen LogP contribution in [0.25, 0.3) is 33.6 Å². The number of nitrogens with two attached hydrogens (primary N) is 1. The van der Waals surface area contributed by atoms with Crippen LogP contribution in [-0.2, 0) is 6.42 Å². The second-order valence-corrected chi connectivity index (χ2v) is 8.28. The van der Waals surface area contributed by atoms with Gasteiger partial charge in [0.05, 0.1) is 17.6 Å². The van der Waals surface area contributed by atoms with Crippen LogP contribution in [0.15, 0.2) is 73.2 Å². The molecule has 4 heteroatoms. The quantitative estimate of drug-likeness (QED) is 0.431. The molecule has 0 aliphatic heterocycles. The molecule has 0 fully saturated rings. The summed E-state index contributed by atoms with van der Waals surface area (Å²) in [5, 5.41) is 0. The van der Waals surface area contributed by atoms with Crippen LogP contribution in [0.1, 0.15) is 43.4 Å². The molecule has 0 amide bonds. The van der Waals surface area contributed by atoms with Crippen molar-refractivity contribution in [2.75, 3.05) is 6.54 Å². The first kappa shape index (κ1) is 19.7. The number of allylic oxidation sites excluding steroid dienone is 2. The van der Waals surface area contributed by atoms with Gasteiger partial charge in [-0.05, 0) is 91.6 Å². The fraction of sp³-hybridized carbons (Fsp3) is 0.259. The lowest BCUT2D eigenvalue weighted by molar-refractivity contribution is 0.740. The summed E-state index contributed by atoms with van der Waals surface area (Å²) < 4.78 is 2.16. The van der Waals surface area contributed by atoms with Crippen LogP contribution < -0.4 is 5.73 Å². The summed E-state index contributed by atoms with van der Waals surface area (Å²) in [6, 6.07) is 17.3. The molecule has 0 unspecified atom stereocenters. The van der Waals surface area contributed by atoms with Crippen molar-refractivity contribution >= 4 is 11.2 Å². The number of hydrogen-bond acceptors (Lipinski definition) is 3. The number of pyridine rings is 2. The smallest absolute Gasteiger partial charge is 0.137 e. The van der Waals surface area contributed by atoms with Gasteiger partial charge in [-0.2, -0.15) is 0 Å². The van der Waals surface area contributed by atoms with E-state index in [0.717, 1.165) is 54.8 Å². The van der Waals surface area contributed by atoms with Gasteiger partial charge in [-0.15, -0.1) is 0 Å². The van der Waals surface area contributed by atoms with Gasteiger partial charge in [-0.25, -0.2) is 4.98 Å². The van der Waals surface area contributed by atoms with E-state index in [1.54, 1.807) is 0 Å². The first-order valence-corrected chi connectivity index (χ1v) is 11.2. The molecule has 156 valence electrons. The molecular weight excluding hydrogens is 380 g/mol. The Morgan fingerprint density at radius 3 is 2.74 bits per heavy atom. The summed E-state index contributed by atoms with van der Waals surface area (Å²) in [4.78, 5) is 9.34. The Kier molecular flexibility index (Phi) is 5.63. The van der Waals surface area contributed by atoms with Gasteiger partial charge >= 0.3 is 0 Å². The van der Waals surface area contributed by atoms with E-state index in [0.29, 0.717) is 0 Å². The number of fused-ring (bicyclic) bond motifs is 1. The summed E-state index contributed by atoms with van der Waals surface area (Å²) in [7, 11) is 0. The van der Waals surface area contributed by atoms with Crippen LogP contribution in [0.5, 0.6) is 0 Å². The molecule has 3 aromatic heterocycles. The summed E-state index contributed by atoms with van der Waals surface area (Å²) in [5.74, 6) is 0. The topological polar surface area (TPSA) is 56.2 Å². The highest BCUT2D eigenvalue weighted by molar-refractivity contribution is 5.73. The molecule has 1 aliphatic rings. The predicted molar refractivity (Wildman–Crippen MR) is 128 cm³/mol. The number of rotatable bonds is 6. The van der Waals surface area contributed by atoms with Crippen molar-refractivity contribution in [3.8, 4) is 22.4 Å². The molecule has 31 heavy (non-hydrogen) atoms. The molecule has 0 atom stereocenters. The Morgan fingerprint density at radius 2 is 1.87 bits per heavy atom. The molecule has 0 saturated carbocycles. The molecule has 3 heterocycles. The van der Waals surface area contributed by atoms with Crippen molar-refractivity contribution in [1.82, 2.24) is 14.4 Å². The average molecular weight is 409 g/mol. The molecule has 1 aromatic carbocycles. The van der Waals surface area contributed by atoms with E-state index < -0.39 is 0 Å². The number of benzene rings is 1. The zero-order chi connectivity index (χ0) is 21.0. The van der Waals surface area contributed by atoms with Gasteiger partial charge in [0.2, 0.25) is 0 Å². The number of hydrogen-bond donors (Lipinski definition) is 1. The summed E-state index contributed by atoms with van der Waals surface area (Å²) in [6.45, 7) is 0.723. The molecule has 5 rings (SSSR count). The molecule has 1 aliphatic carbocycles. The summed E-state index contributed by atoms with van der Waals surface area (Å²) in [6.07, 6.45) is 15.2. The third kappa shape index (κ3) is 4.17. The first-order valence-electron chi connectivity index (χ1n) is 11.2. The zero-order valence-electron chi connectivity index (χ0n) is 17.8. The van der Waals surface area contributed by atoms with Crippen molar-refractivity contribution in [2.45, 2.75) is 38.5 Å². The monoisotopic (exact) mass is 408 g/mol. The van der Waals surface area contributed by atoms with Crippen molar-refractivity contribution in [2.24, 2.45) is 5.73 Å². The molecule has 0 bridgehead atoms. The summed E-state index contributed by atoms with van der Waals surface area (Å²) >= 11 is 0. The van der Waals surface area contributed by atoms with E-state index in [1.807, 2.05) is 12.4 Å². The maximum absolute atomic E-state index is 5.67. The second kappa shape index (κ2) is 8.86. The minimum Gasteiger partial charge on any atom is -0.330 e. The molecule has 0 saturated heterocycles.